The number of nitrogens with one attached hydrogen (secondary N) is 1. The number of alkyl halides is 2. The molecule has 0 saturated heterocycles. The number of aromatic nitrogens is 1. The molecule has 4 nitrogen and oxygen atoms in total. The van der Waals surface area contributed by atoms with Crippen LogP contribution < -0.4 is 10.1 Å². The number of hydrogen-bond donors (Lipinski definition) is 1. The summed E-state index contributed by atoms with van der Waals surface area (Å²) >= 11 is 2.61. The molecule has 0 aliphatic rings. The zero-order valence-electron chi connectivity index (χ0n) is 12.5. The van der Waals surface area contributed by atoms with Crippen molar-refractivity contribution in [1.29, 1.82) is 0 Å². The first-order valence-electron chi connectivity index (χ1n) is 6.90. The number of hydrogen-bond acceptors (Lipinski definition) is 5. The predicted octanol–water partition coefficient (Wildman–Crippen LogP) is 5.03. The zero-order chi connectivity index (χ0) is 17.1. The maximum atomic E-state index is 12.5. The van der Waals surface area contributed by atoms with E-state index in [1.165, 1.54) is 28.7 Å². The quantitative estimate of drug-likeness (QED) is 0.689. The predicted molar refractivity (Wildman–Crippen MR) is 91.2 cm³/mol. The van der Waals surface area contributed by atoms with Crippen molar-refractivity contribution in [3.8, 4) is 17.0 Å². The van der Waals surface area contributed by atoms with E-state index in [2.05, 4.69) is 15.0 Å². The van der Waals surface area contributed by atoms with Crippen molar-refractivity contribution in [2.45, 2.75) is 13.5 Å². The smallest absolute Gasteiger partial charge is 0.387 e. The fourth-order valence-corrected chi connectivity index (χ4v) is 3.52. The number of halogens is 2. The number of thiazole rings is 1. The van der Waals surface area contributed by atoms with Gasteiger partial charge in [-0.3, -0.25) is 10.1 Å². The molecule has 1 amide bonds. The summed E-state index contributed by atoms with van der Waals surface area (Å²) in [6.07, 6.45) is 0. The Kier molecular flexibility index (Phi) is 4.86. The number of carbonyl (C=O) groups excluding carboxylic acids is 1. The van der Waals surface area contributed by atoms with Gasteiger partial charge in [-0.2, -0.15) is 8.78 Å². The summed E-state index contributed by atoms with van der Waals surface area (Å²) in [7, 11) is 0. The largest absolute Gasteiger partial charge is 0.434 e. The summed E-state index contributed by atoms with van der Waals surface area (Å²) in [6, 6.07) is 10.0. The molecule has 3 rings (SSSR count). The van der Waals surface area contributed by atoms with Gasteiger partial charge in [-0.25, -0.2) is 4.98 Å². The van der Waals surface area contributed by atoms with Gasteiger partial charge in [0.05, 0.1) is 10.6 Å². The number of benzene rings is 1. The van der Waals surface area contributed by atoms with Crippen molar-refractivity contribution in [3.63, 3.8) is 0 Å². The van der Waals surface area contributed by atoms with Crippen LogP contribution in [0, 0.1) is 6.92 Å². The third-order valence-electron chi connectivity index (χ3n) is 3.07. The monoisotopic (exact) mass is 366 g/mol. The number of aryl methyl sites for hydroxylation is 1. The average molecular weight is 366 g/mol. The normalized spacial score (nSPS) is 10.8. The number of para-hydroxylation sites is 1. The van der Waals surface area contributed by atoms with E-state index in [-0.39, 0.29) is 11.7 Å². The van der Waals surface area contributed by atoms with Gasteiger partial charge in [0.1, 0.15) is 5.75 Å². The highest BCUT2D eigenvalue weighted by Gasteiger charge is 2.15. The molecule has 2 aromatic heterocycles. The van der Waals surface area contributed by atoms with E-state index in [0.29, 0.717) is 21.3 Å². The van der Waals surface area contributed by atoms with Crippen LogP contribution in [0.5, 0.6) is 5.75 Å². The van der Waals surface area contributed by atoms with Crippen molar-refractivity contribution < 1.29 is 18.3 Å². The Bertz CT molecular complexity index is 861. The van der Waals surface area contributed by atoms with Crippen LogP contribution in [0.4, 0.5) is 13.9 Å². The maximum Gasteiger partial charge on any atom is 0.387 e. The third-order valence-corrected chi connectivity index (χ3v) is 4.83. The fourth-order valence-electron chi connectivity index (χ4n) is 2.05. The molecule has 0 aliphatic carbocycles. The van der Waals surface area contributed by atoms with Gasteiger partial charge in [0.15, 0.2) is 5.13 Å². The molecule has 3 aromatic rings. The molecular formula is C16H12F2N2O2S2. The highest BCUT2D eigenvalue weighted by Crippen LogP contribution is 2.33. The lowest BCUT2D eigenvalue weighted by molar-refractivity contribution is -0.0494. The summed E-state index contributed by atoms with van der Waals surface area (Å²) < 4.78 is 29.5. The number of anilines is 1. The minimum absolute atomic E-state index is 0.0459. The van der Waals surface area contributed by atoms with Crippen molar-refractivity contribution >= 4 is 33.7 Å². The van der Waals surface area contributed by atoms with Crippen LogP contribution in [0.15, 0.2) is 41.8 Å². The molecule has 1 aromatic carbocycles. The summed E-state index contributed by atoms with van der Waals surface area (Å²) in [5.74, 6) is -0.198. The highest BCUT2D eigenvalue weighted by atomic mass is 32.1. The van der Waals surface area contributed by atoms with Gasteiger partial charge in [-0.1, -0.05) is 12.1 Å². The highest BCUT2D eigenvalue weighted by molar-refractivity contribution is 7.15. The number of thiophene rings is 1. The first kappa shape index (κ1) is 16.5. The number of carbonyl (C=O) groups is 1. The molecule has 0 atom stereocenters. The first-order chi connectivity index (χ1) is 11.5. The van der Waals surface area contributed by atoms with Crippen molar-refractivity contribution in [3.05, 3.63) is 51.5 Å². The lowest BCUT2D eigenvalue weighted by Gasteiger charge is -2.08. The lowest BCUT2D eigenvalue weighted by Crippen LogP contribution is -2.09. The Morgan fingerprint density at radius 1 is 1.25 bits per heavy atom. The number of amides is 1. The zero-order valence-corrected chi connectivity index (χ0v) is 14.1. The lowest BCUT2D eigenvalue weighted by atomic mass is 10.1. The van der Waals surface area contributed by atoms with E-state index >= 15 is 0 Å². The number of nitrogens with zero attached hydrogens (tertiary/aromatic N) is 1. The molecule has 0 saturated carbocycles. The van der Waals surface area contributed by atoms with E-state index in [9.17, 15) is 13.6 Å². The first-order valence-corrected chi connectivity index (χ1v) is 8.60. The summed E-state index contributed by atoms with van der Waals surface area (Å²) in [6.45, 7) is -0.992. The Labute approximate surface area is 144 Å². The van der Waals surface area contributed by atoms with E-state index in [1.54, 1.807) is 29.6 Å². The molecule has 0 spiro atoms. The van der Waals surface area contributed by atoms with Gasteiger partial charge in [0.25, 0.3) is 5.91 Å². The maximum absolute atomic E-state index is 12.5. The number of rotatable bonds is 5. The van der Waals surface area contributed by atoms with Crippen LogP contribution >= 0.6 is 22.7 Å². The molecule has 24 heavy (non-hydrogen) atoms. The summed E-state index contributed by atoms with van der Waals surface area (Å²) in [4.78, 5) is 18.0. The molecule has 2 heterocycles. The second-order valence-corrected chi connectivity index (χ2v) is 6.92. The molecule has 124 valence electrons. The van der Waals surface area contributed by atoms with Gasteiger partial charge >= 0.3 is 6.61 Å². The van der Waals surface area contributed by atoms with Gasteiger partial charge in [-0.15, -0.1) is 22.7 Å². The van der Waals surface area contributed by atoms with Crippen LogP contribution in [-0.4, -0.2) is 17.5 Å². The average Bonchev–Trinajstić information content (AvgIpc) is 3.16. The van der Waals surface area contributed by atoms with Gasteiger partial charge in [0.2, 0.25) is 0 Å². The third kappa shape index (κ3) is 3.77. The second-order valence-electron chi connectivity index (χ2n) is 4.78. The Balaban J connectivity index is 1.80. The molecule has 0 radical (unpaired) electrons. The van der Waals surface area contributed by atoms with Gasteiger partial charge in [0, 0.05) is 15.8 Å². The van der Waals surface area contributed by atoms with E-state index in [0.717, 1.165) is 4.88 Å². The van der Waals surface area contributed by atoms with Crippen LogP contribution in [-0.2, 0) is 0 Å². The minimum Gasteiger partial charge on any atom is -0.434 e. The minimum atomic E-state index is -2.91. The SMILES string of the molecule is Cc1ccc(C(=O)Nc2nc(-c3ccccc3OC(F)F)cs2)s1. The molecule has 0 fully saturated rings. The Morgan fingerprint density at radius 3 is 2.75 bits per heavy atom. The van der Waals surface area contributed by atoms with Crippen molar-refractivity contribution in [1.82, 2.24) is 4.98 Å². The summed E-state index contributed by atoms with van der Waals surface area (Å²) in [5, 5.41) is 4.79. The molecular weight excluding hydrogens is 354 g/mol. The summed E-state index contributed by atoms with van der Waals surface area (Å²) in [5.41, 5.74) is 0.912. The van der Waals surface area contributed by atoms with Gasteiger partial charge < -0.3 is 4.74 Å². The molecule has 0 unspecified atom stereocenters. The van der Waals surface area contributed by atoms with E-state index in [4.69, 9.17) is 0 Å². The molecule has 1 N–H and O–H groups in total. The van der Waals surface area contributed by atoms with Crippen LogP contribution in [0.25, 0.3) is 11.3 Å². The Hall–Kier alpha value is -2.32. The molecule has 8 heteroatoms. The van der Waals surface area contributed by atoms with E-state index in [1.807, 2.05) is 13.0 Å². The number of ether oxygens (including phenoxy) is 1. The fraction of sp³-hybridized carbons (Fsp3) is 0.125. The molecule has 0 aliphatic heterocycles. The standard InChI is InChI=1S/C16H12F2N2O2S2/c1-9-6-7-13(24-9)14(21)20-16-19-11(8-23-16)10-4-2-3-5-12(10)22-15(17)18/h2-8,15H,1H3,(H,19,20,21). The van der Waals surface area contributed by atoms with Crippen molar-refractivity contribution in [2.24, 2.45) is 0 Å². The molecule has 0 bridgehead atoms. The van der Waals surface area contributed by atoms with Crippen LogP contribution in [0.2, 0.25) is 0 Å². The second kappa shape index (κ2) is 7.06. The van der Waals surface area contributed by atoms with Crippen molar-refractivity contribution in [2.75, 3.05) is 5.32 Å². The van der Waals surface area contributed by atoms with Gasteiger partial charge in [-0.05, 0) is 31.2 Å². The van der Waals surface area contributed by atoms with E-state index < -0.39 is 6.61 Å². The Morgan fingerprint density at radius 2 is 2.04 bits per heavy atom. The van der Waals surface area contributed by atoms with Crippen LogP contribution in [0.1, 0.15) is 14.5 Å². The topological polar surface area (TPSA) is 51.2 Å². The van der Waals surface area contributed by atoms with Crippen LogP contribution in [0.3, 0.4) is 0 Å².